The van der Waals surface area contributed by atoms with Crippen molar-refractivity contribution >= 4 is 41.2 Å². The van der Waals surface area contributed by atoms with Crippen LogP contribution in [-0.4, -0.2) is 71.7 Å². The fraction of sp³-hybridized carbons (Fsp3) is 0.571. The number of rotatable bonds is 8. The van der Waals surface area contributed by atoms with Crippen LogP contribution in [0.4, 0.5) is 0 Å². The number of hydrogen-bond donors (Lipinski definition) is 2. The van der Waals surface area contributed by atoms with Gasteiger partial charge in [0, 0.05) is 24.5 Å². The van der Waals surface area contributed by atoms with E-state index < -0.39 is 12.1 Å². The van der Waals surface area contributed by atoms with E-state index >= 15 is 0 Å². The zero-order chi connectivity index (χ0) is 21.1. The van der Waals surface area contributed by atoms with E-state index in [9.17, 15) is 14.4 Å². The molecular formula is C21H27N3O4S2. The fourth-order valence-corrected chi connectivity index (χ4v) is 6.09. The molecule has 9 heteroatoms. The first-order valence-electron chi connectivity index (χ1n) is 10.3. The second kappa shape index (κ2) is 9.62. The van der Waals surface area contributed by atoms with Gasteiger partial charge in [-0.05, 0) is 42.9 Å². The molecule has 0 aromatic heterocycles. The van der Waals surface area contributed by atoms with Crippen LogP contribution in [0, 0.1) is 0 Å². The maximum Gasteiger partial charge on any atom is 0.256 e. The minimum Gasteiger partial charge on any atom is -0.376 e. The van der Waals surface area contributed by atoms with E-state index in [1.165, 1.54) is 0 Å². The van der Waals surface area contributed by atoms with Gasteiger partial charge < -0.3 is 20.3 Å². The average molecular weight is 450 g/mol. The van der Waals surface area contributed by atoms with Crippen molar-refractivity contribution in [2.45, 2.75) is 42.8 Å². The molecule has 4 rings (SSSR count). The first kappa shape index (κ1) is 21.5. The third kappa shape index (κ3) is 4.33. The van der Waals surface area contributed by atoms with Gasteiger partial charge in [-0.25, -0.2) is 0 Å². The molecule has 3 heterocycles. The number of nitrogens with zero attached hydrogens (tertiary/aromatic N) is 1. The summed E-state index contributed by atoms with van der Waals surface area (Å²) in [5.41, 5.74) is 1.64. The van der Waals surface area contributed by atoms with Crippen LogP contribution < -0.4 is 10.6 Å². The van der Waals surface area contributed by atoms with Gasteiger partial charge in [0.25, 0.3) is 5.91 Å². The molecule has 3 aliphatic heterocycles. The molecule has 2 saturated heterocycles. The molecule has 0 bridgehead atoms. The zero-order valence-electron chi connectivity index (χ0n) is 17.0. The standard InChI is InChI=1S/C21H27N3O4S2/c1-29-10-8-16(18(25)22-11-13-5-4-9-28-13)23-19(26)17-12-30-21-15-7-3-2-6-14(15)20(27)24(17)21/h2-3,6-7,13,16-17,21H,4-5,8-12H2,1H3,(H,22,25)(H,23,26). The Morgan fingerprint density at radius 3 is 2.97 bits per heavy atom. The minimum absolute atomic E-state index is 0.0542. The maximum atomic E-state index is 13.1. The number of nitrogens with one attached hydrogen (secondary N) is 2. The van der Waals surface area contributed by atoms with Gasteiger partial charge in [-0.3, -0.25) is 14.4 Å². The number of benzene rings is 1. The molecule has 2 fully saturated rings. The van der Waals surface area contributed by atoms with Gasteiger partial charge in [0.05, 0.1) is 6.10 Å². The molecule has 4 atom stereocenters. The highest BCUT2D eigenvalue weighted by Gasteiger charge is 2.48. The van der Waals surface area contributed by atoms with Crippen molar-refractivity contribution < 1.29 is 19.1 Å². The lowest BCUT2D eigenvalue weighted by atomic mass is 10.1. The van der Waals surface area contributed by atoms with E-state index in [4.69, 9.17) is 4.74 Å². The second-order valence-electron chi connectivity index (χ2n) is 7.72. The topological polar surface area (TPSA) is 87.7 Å². The lowest BCUT2D eigenvalue weighted by molar-refractivity contribution is -0.131. The van der Waals surface area contributed by atoms with Crippen molar-refractivity contribution in [3.05, 3.63) is 35.4 Å². The summed E-state index contributed by atoms with van der Waals surface area (Å²) in [5, 5.41) is 5.72. The highest BCUT2D eigenvalue weighted by Crippen LogP contribution is 2.48. The van der Waals surface area contributed by atoms with Gasteiger partial charge in [-0.1, -0.05) is 18.2 Å². The fourth-order valence-electron chi connectivity index (χ4n) is 4.16. The normalized spacial score (nSPS) is 25.7. The summed E-state index contributed by atoms with van der Waals surface area (Å²) in [6, 6.07) is 6.34. The van der Waals surface area contributed by atoms with E-state index in [0.717, 1.165) is 30.8 Å². The van der Waals surface area contributed by atoms with Gasteiger partial charge in [-0.15, -0.1) is 11.8 Å². The average Bonchev–Trinajstić information content (AvgIpc) is 3.48. The monoisotopic (exact) mass is 449 g/mol. The van der Waals surface area contributed by atoms with E-state index in [2.05, 4.69) is 10.6 Å². The van der Waals surface area contributed by atoms with E-state index in [-0.39, 0.29) is 29.2 Å². The minimum atomic E-state index is -0.615. The van der Waals surface area contributed by atoms with Crippen LogP contribution in [0.15, 0.2) is 24.3 Å². The highest BCUT2D eigenvalue weighted by molar-refractivity contribution is 7.99. The van der Waals surface area contributed by atoms with Gasteiger partial charge in [0.2, 0.25) is 11.8 Å². The summed E-state index contributed by atoms with van der Waals surface area (Å²) in [5.74, 6) is 0.734. The summed E-state index contributed by atoms with van der Waals surface area (Å²) in [6.45, 7) is 1.20. The molecule has 0 radical (unpaired) electrons. The summed E-state index contributed by atoms with van der Waals surface area (Å²) in [6.07, 6.45) is 4.53. The number of thioether (sulfide) groups is 2. The Morgan fingerprint density at radius 1 is 1.37 bits per heavy atom. The number of ether oxygens (including phenoxy) is 1. The van der Waals surface area contributed by atoms with Crippen molar-refractivity contribution in [3.8, 4) is 0 Å². The molecule has 0 aliphatic carbocycles. The van der Waals surface area contributed by atoms with Gasteiger partial charge >= 0.3 is 0 Å². The molecular weight excluding hydrogens is 422 g/mol. The summed E-state index contributed by atoms with van der Waals surface area (Å²) >= 11 is 3.23. The first-order valence-corrected chi connectivity index (χ1v) is 12.8. The molecule has 7 nitrogen and oxygen atoms in total. The van der Waals surface area contributed by atoms with Gasteiger partial charge in [-0.2, -0.15) is 11.8 Å². The zero-order valence-corrected chi connectivity index (χ0v) is 18.6. The largest absolute Gasteiger partial charge is 0.376 e. The molecule has 3 aliphatic rings. The van der Waals surface area contributed by atoms with Crippen LogP contribution in [0.25, 0.3) is 0 Å². The highest BCUT2D eigenvalue weighted by atomic mass is 32.2. The van der Waals surface area contributed by atoms with Crippen LogP contribution in [0.1, 0.15) is 40.6 Å². The molecule has 3 amide bonds. The van der Waals surface area contributed by atoms with Crippen molar-refractivity contribution in [1.29, 1.82) is 0 Å². The van der Waals surface area contributed by atoms with E-state index in [0.29, 0.717) is 24.3 Å². The van der Waals surface area contributed by atoms with Crippen LogP contribution in [-0.2, 0) is 14.3 Å². The van der Waals surface area contributed by atoms with Crippen LogP contribution in [0.2, 0.25) is 0 Å². The number of carbonyl (C=O) groups is 3. The third-order valence-corrected chi connectivity index (χ3v) is 7.72. The Labute approximate surface area is 185 Å². The van der Waals surface area contributed by atoms with Crippen molar-refractivity contribution in [2.75, 3.05) is 30.9 Å². The van der Waals surface area contributed by atoms with Gasteiger partial charge in [0.1, 0.15) is 17.5 Å². The maximum absolute atomic E-state index is 13.1. The predicted molar refractivity (Wildman–Crippen MR) is 119 cm³/mol. The molecule has 162 valence electrons. The second-order valence-corrected chi connectivity index (χ2v) is 9.82. The van der Waals surface area contributed by atoms with Crippen LogP contribution in [0.3, 0.4) is 0 Å². The Balaban J connectivity index is 1.40. The summed E-state index contributed by atoms with van der Waals surface area (Å²) < 4.78 is 5.56. The van der Waals surface area contributed by atoms with E-state index in [1.54, 1.807) is 28.4 Å². The van der Waals surface area contributed by atoms with Crippen LogP contribution in [0.5, 0.6) is 0 Å². The van der Waals surface area contributed by atoms with E-state index in [1.807, 2.05) is 30.5 Å². The molecule has 1 aromatic carbocycles. The summed E-state index contributed by atoms with van der Waals surface area (Å²) in [4.78, 5) is 40.4. The summed E-state index contributed by atoms with van der Waals surface area (Å²) in [7, 11) is 0. The molecule has 0 spiro atoms. The van der Waals surface area contributed by atoms with Crippen molar-refractivity contribution in [1.82, 2.24) is 15.5 Å². The SMILES string of the molecule is CSCCC(NC(=O)C1CSC2c3ccccc3C(=O)N12)C(=O)NCC1CCCO1. The number of carbonyl (C=O) groups excluding carboxylic acids is 3. The number of fused-ring (bicyclic) bond motifs is 3. The Hall–Kier alpha value is -1.71. The van der Waals surface area contributed by atoms with Crippen molar-refractivity contribution in [3.63, 3.8) is 0 Å². The van der Waals surface area contributed by atoms with Gasteiger partial charge in [0.15, 0.2) is 0 Å². The smallest absolute Gasteiger partial charge is 0.256 e. The number of hydrogen-bond acceptors (Lipinski definition) is 6. The van der Waals surface area contributed by atoms with Crippen molar-refractivity contribution in [2.24, 2.45) is 0 Å². The molecule has 1 aromatic rings. The molecule has 2 N–H and O–H groups in total. The molecule has 4 unspecified atom stereocenters. The Bertz CT molecular complexity index is 815. The quantitative estimate of drug-likeness (QED) is 0.629. The third-order valence-electron chi connectivity index (χ3n) is 5.77. The van der Waals surface area contributed by atoms with Crippen LogP contribution >= 0.6 is 23.5 Å². The predicted octanol–water partition coefficient (Wildman–Crippen LogP) is 1.79. The lowest BCUT2D eigenvalue weighted by Gasteiger charge is -2.25. The Morgan fingerprint density at radius 2 is 2.20 bits per heavy atom. The number of amides is 3. The Kier molecular flexibility index (Phi) is 6.90. The lowest BCUT2D eigenvalue weighted by Crippen LogP contribution is -2.54. The first-order chi connectivity index (χ1) is 14.6. The molecule has 30 heavy (non-hydrogen) atoms. The molecule has 0 saturated carbocycles.